The molecule has 0 bridgehead atoms. The smallest absolute Gasteiger partial charge is 0.306 e. The van der Waals surface area contributed by atoms with Crippen molar-refractivity contribution in [3.63, 3.8) is 0 Å². The van der Waals surface area contributed by atoms with Gasteiger partial charge >= 0.3 is 6.03 Å². The van der Waals surface area contributed by atoms with Gasteiger partial charge in [-0.25, -0.2) is 4.79 Å². The predicted octanol–water partition coefficient (Wildman–Crippen LogP) is 5.92. The molecule has 1 amide bonds. The number of benzene rings is 3. The number of nitrogens with zero attached hydrogens (tertiary/aromatic N) is 5. The Hall–Kier alpha value is -3.71. The van der Waals surface area contributed by atoms with E-state index < -0.39 is 6.03 Å². The Kier molecular flexibility index (Phi) is 5.95. The van der Waals surface area contributed by atoms with Crippen molar-refractivity contribution in [2.45, 2.75) is 6.42 Å². The molecule has 0 fully saturated rings. The molecular formula is C23H21ClN6O. The van der Waals surface area contributed by atoms with E-state index in [0.717, 1.165) is 12.0 Å². The van der Waals surface area contributed by atoms with Crippen molar-refractivity contribution in [3.05, 3.63) is 88.9 Å². The lowest BCUT2D eigenvalue weighted by Crippen LogP contribution is -2.20. The molecule has 4 aromatic rings. The van der Waals surface area contributed by atoms with Gasteiger partial charge in [0, 0.05) is 24.8 Å². The molecule has 0 aliphatic heterocycles. The average Bonchev–Trinajstić information content (AvgIpc) is 3.12. The Morgan fingerprint density at radius 1 is 1.03 bits per heavy atom. The Bertz CT molecular complexity index is 1230. The van der Waals surface area contributed by atoms with Gasteiger partial charge in [-0.1, -0.05) is 59.3 Å². The maximum atomic E-state index is 12.9. The minimum Gasteiger partial charge on any atom is -0.306 e. The molecule has 31 heavy (non-hydrogen) atoms. The molecule has 156 valence electrons. The van der Waals surface area contributed by atoms with Crippen LogP contribution in [-0.4, -0.2) is 34.9 Å². The number of rotatable bonds is 5. The third-order valence-corrected chi connectivity index (χ3v) is 4.82. The minimum absolute atomic E-state index is 0.319. The molecule has 4 rings (SSSR count). The summed E-state index contributed by atoms with van der Waals surface area (Å²) < 4.78 is 1.27. The first-order chi connectivity index (χ1) is 15.0. The summed E-state index contributed by atoms with van der Waals surface area (Å²) in [6.45, 7) is 0. The first kappa shape index (κ1) is 20.6. The third kappa shape index (κ3) is 4.90. The van der Waals surface area contributed by atoms with Gasteiger partial charge in [0.15, 0.2) is 0 Å². The molecular weight excluding hydrogens is 412 g/mol. The van der Waals surface area contributed by atoms with Crippen LogP contribution in [0.25, 0.3) is 10.9 Å². The van der Waals surface area contributed by atoms with Gasteiger partial charge in [-0.05, 0) is 47.9 Å². The second kappa shape index (κ2) is 8.97. The summed E-state index contributed by atoms with van der Waals surface area (Å²) in [5.41, 5.74) is 3.67. The molecule has 0 radical (unpaired) electrons. The number of nitrogens with one attached hydrogen (secondary N) is 1. The van der Waals surface area contributed by atoms with Crippen molar-refractivity contribution in [1.82, 2.24) is 14.8 Å². The average molecular weight is 433 g/mol. The van der Waals surface area contributed by atoms with Crippen molar-refractivity contribution < 1.29 is 4.79 Å². The largest absolute Gasteiger partial charge is 0.347 e. The molecule has 1 heterocycles. The van der Waals surface area contributed by atoms with Crippen molar-refractivity contribution >= 4 is 40.0 Å². The summed E-state index contributed by atoms with van der Waals surface area (Å²) in [4.78, 5) is 12.9. The number of halogens is 1. The van der Waals surface area contributed by atoms with Gasteiger partial charge in [-0.3, -0.25) is 5.01 Å². The Morgan fingerprint density at radius 2 is 1.74 bits per heavy atom. The molecule has 7 nitrogen and oxygen atoms in total. The molecule has 1 aromatic heterocycles. The summed E-state index contributed by atoms with van der Waals surface area (Å²) in [5, 5.41) is 18.0. The number of hydrogen-bond acceptors (Lipinski definition) is 4. The van der Waals surface area contributed by atoms with Crippen LogP contribution in [0.1, 0.15) is 11.1 Å². The molecule has 0 spiro atoms. The first-order valence-electron chi connectivity index (χ1n) is 9.71. The fraction of sp³-hybridized carbons (Fsp3) is 0.130. The monoisotopic (exact) mass is 432 g/mol. The Labute approximate surface area is 184 Å². The lowest BCUT2D eigenvalue weighted by molar-refractivity contribution is 0.252. The maximum Gasteiger partial charge on any atom is 0.347 e. The van der Waals surface area contributed by atoms with Crippen molar-refractivity contribution in [1.29, 1.82) is 0 Å². The fourth-order valence-electron chi connectivity index (χ4n) is 3.15. The van der Waals surface area contributed by atoms with Crippen LogP contribution in [0, 0.1) is 0 Å². The van der Waals surface area contributed by atoms with Crippen LogP contribution in [0.5, 0.6) is 0 Å². The van der Waals surface area contributed by atoms with Gasteiger partial charge in [-0.2, -0.15) is 4.68 Å². The molecule has 3 aromatic carbocycles. The van der Waals surface area contributed by atoms with Crippen LogP contribution in [-0.2, 0) is 6.42 Å². The fourth-order valence-corrected chi connectivity index (χ4v) is 3.32. The molecule has 1 N–H and O–H groups in total. The predicted molar refractivity (Wildman–Crippen MR) is 123 cm³/mol. The Morgan fingerprint density at radius 3 is 2.45 bits per heavy atom. The van der Waals surface area contributed by atoms with E-state index in [0.29, 0.717) is 27.4 Å². The molecule has 8 heteroatoms. The molecule has 0 unspecified atom stereocenters. The quantitative estimate of drug-likeness (QED) is 0.314. The minimum atomic E-state index is -0.394. The number of fused-ring (bicyclic) bond motifs is 1. The summed E-state index contributed by atoms with van der Waals surface area (Å²) in [5.74, 6) is 0.319. The molecule has 0 atom stereocenters. The standard InChI is InChI=1S/C23H21ClN6O/c1-29(2)28-26-22-20-15-18(24)10-13-21(20)30(27-22)23(31)25-19-11-8-17(9-12-19)14-16-6-4-3-5-7-16/h3-13,15H,14H2,1-2H3,(H,25,31). The van der Waals surface area contributed by atoms with Gasteiger partial charge in [0.2, 0.25) is 5.82 Å². The van der Waals surface area contributed by atoms with Gasteiger partial charge < -0.3 is 5.32 Å². The van der Waals surface area contributed by atoms with Crippen molar-refractivity contribution in [3.8, 4) is 0 Å². The zero-order valence-corrected chi connectivity index (χ0v) is 17.9. The summed E-state index contributed by atoms with van der Waals surface area (Å²) in [6.07, 6.45) is 0.833. The topological polar surface area (TPSA) is 74.9 Å². The molecule has 0 saturated heterocycles. The highest BCUT2D eigenvalue weighted by Gasteiger charge is 2.16. The number of carbonyl (C=O) groups excluding carboxylic acids is 1. The summed E-state index contributed by atoms with van der Waals surface area (Å²) in [6, 6.07) is 22.8. The summed E-state index contributed by atoms with van der Waals surface area (Å²) >= 11 is 6.12. The van der Waals surface area contributed by atoms with E-state index in [1.54, 1.807) is 37.3 Å². The van der Waals surface area contributed by atoms with E-state index in [1.165, 1.54) is 10.2 Å². The zero-order chi connectivity index (χ0) is 21.8. The lowest BCUT2D eigenvalue weighted by Gasteiger charge is -2.07. The van der Waals surface area contributed by atoms with E-state index in [9.17, 15) is 4.79 Å². The maximum absolute atomic E-state index is 12.9. The van der Waals surface area contributed by atoms with Gasteiger partial charge in [-0.15, -0.1) is 10.2 Å². The van der Waals surface area contributed by atoms with E-state index in [1.807, 2.05) is 42.5 Å². The van der Waals surface area contributed by atoms with E-state index in [4.69, 9.17) is 11.6 Å². The van der Waals surface area contributed by atoms with Gasteiger partial charge in [0.1, 0.15) is 0 Å². The third-order valence-electron chi connectivity index (χ3n) is 4.59. The molecule has 0 aliphatic carbocycles. The second-order valence-electron chi connectivity index (χ2n) is 7.22. The Balaban J connectivity index is 1.55. The normalized spacial score (nSPS) is 11.2. The van der Waals surface area contributed by atoms with Crippen LogP contribution in [0.3, 0.4) is 0 Å². The van der Waals surface area contributed by atoms with Gasteiger partial charge in [0.05, 0.1) is 10.9 Å². The van der Waals surface area contributed by atoms with E-state index in [-0.39, 0.29) is 0 Å². The number of anilines is 1. The SMILES string of the molecule is CN(C)N=Nc1nn(C(=O)Nc2ccc(Cc3ccccc3)cc2)c2ccc(Cl)cc12. The zero-order valence-electron chi connectivity index (χ0n) is 17.2. The van der Waals surface area contributed by atoms with Crippen LogP contribution < -0.4 is 5.32 Å². The molecule has 0 aliphatic rings. The van der Waals surface area contributed by atoms with Crippen molar-refractivity contribution in [2.75, 3.05) is 19.4 Å². The second-order valence-corrected chi connectivity index (χ2v) is 7.66. The summed E-state index contributed by atoms with van der Waals surface area (Å²) in [7, 11) is 3.51. The highest BCUT2D eigenvalue weighted by molar-refractivity contribution is 6.31. The van der Waals surface area contributed by atoms with E-state index in [2.05, 4.69) is 32.9 Å². The first-order valence-corrected chi connectivity index (χ1v) is 10.1. The van der Waals surface area contributed by atoms with Gasteiger partial charge in [0.25, 0.3) is 0 Å². The van der Waals surface area contributed by atoms with Crippen LogP contribution in [0.4, 0.5) is 16.3 Å². The highest BCUT2D eigenvalue weighted by atomic mass is 35.5. The van der Waals surface area contributed by atoms with Crippen LogP contribution >= 0.6 is 11.6 Å². The number of carbonyl (C=O) groups is 1. The number of aromatic nitrogens is 2. The van der Waals surface area contributed by atoms with Crippen LogP contribution in [0.15, 0.2) is 83.1 Å². The number of amides is 1. The van der Waals surface area contributed by atoms with Crippen LogP contribution in [0.2, 0.25) is 5.02 Å². The number of hydrogen-bond donors (Lipinski definition) is 1. The highest BCUT2D eigenvalue weighted by Crippen LogP contribution is 2.28. The van der Waals surface area contributed by atoms with Crippen molar-refractivity contribution in [2.24, 2.45) is 10.3 Å². The lowest BCUT2D eigenvalue weighted by atomic mass is 10.0. The van der Waals surface area contributed by atoms with E-state index >= 15 is 0 Å². The molecule has 0 saturated carbocycles.